The van der Waals surface area contributed by atoms with Crippen LogP contribution in [0.5, 0.6) is 0 Å². The molecule has 1 aliphatic rings. The Morgan fingerprint density at radius 2 is 2.42 bits per heavy atom. The number of nitrogens with one attached hydrogen (secondary N) is 1. The van der Waals surface area contributed by atoms with Crippen molar-refractivity contribution in [2.45, 2.75) is 44.7 Å². The predicted molar refractivity (Wildman–Crippen MR) is 80.5 cm³/mol. The fraction of sp³-hybridized carbons (Fsp3) is 0.533. The maximum atomic E-state index is 4.56. The summed E-state index contributed by atoms with van der Waals surface area (Å²) in [5.41, 5.74) is 0. The summed E-state index contributed by atoms with van der Waals surface area (Å²) in [4.78, 5) is 5.83. The molecule has 0 amide bonds. The number of imidazole rings is 1. The highest BCUT2D eigenvalue weighted by atomic mass is 32.1. The fourth-order valence-electron chi connectivity index (χ4n) is 3.02. The molecule has 4 heteroatoms. The van der Waals surface area contributed by atoms with Gasteiger partial charge in [-0.25, -0.2) is 4.98 Å². The van der Waals surface area contributed by atoms with Gasteiger partial charge in [0.05, 0.1) is 10.9 Å². The summed E-state index contributed by atoms with van der Waals surface area (Å²) < 4.78 is 2.38. The summed E-state index contributed by atoms with van der Waals surface area (Å²) in [7, 11) is 0. The Morgan fingerprint density at radius 3 is 3.21 bits per heavy atom. The van der Waals surface area contributed by atoms with Crippen molar-refractivity contribution in [1.82, 2.24) is 14.9 Å². The van der Waals surface area contributed by atoms with Crippen LogP contribution in [0.25, 0.3) is 10.7 Å². The van der Waals surface area contributed by atoms with Crippen LogP contribution in [0, 0.1) is 0 Å². The minimum Gasteiger partial charge on any atom is -0.326 e. The lowest BCUT2D eigenvalue weighted by Gasteiger charge is -2.23. The van der Waals surface area contributed by atoms with Gasteiger partial charge in [-0.1, -0.05) is 13.0 Å². The van der Waals surface area contributed by atoms with E-state index in [1.165, 1.54) is 30.6 Å². The van der Waals surface area contributed by atoms with Crippen LogP contribution >= 0.6 is 11.3 Å². The zero-order valence-electron chi connectivity index (χ0n) is 11.4. The molecule has 19 heavy (non-hydrogen) atoms. The zero-order chi connectivity index (χ0) is 13.1. The van der Waals surface area contributed by atoms with Crippen LogP contribution in [0.3, 0.4) is 0 Å². The zero-order valence-corrected chi connectivity index (χ0v) is 12.2. The third-order valence-corrected chi connectivity index (χ3v) is 4.77. The molecule has 2 unspecified atom stereocenters. The molecular formula is C15H21N3S. The molecule has 3 rings (SSSR count). The Morgan fingerprint density at radius 1 is 1.47 bits per heavy atom. The summed E-state index contributed by atoms with van der Waals surface area (Å²) >= 11 is 1.77. The van der Waals surface area contributed by atoms with E-state index in [1.807, 2.05) is 6.20 Å². The third-order valence-electron chi connectivity index (χ3n) is 3.90. The first-order valence-corrected chi connectivity index (χ1v) is 8.08. The van der Waals surface area contributed by atoms with Crippen LogP contribution in [0.15, 0.2) is 29.9 Å². The highest BCUT2D eigenvalue weighted by molar-refractivity contribution is 7.13. The molecule has 1 saturated carbocycles. The van der Waals surface area contributed by atoms with E-state index in [0.29, 0.717) is 12.1 Å². The molecule has 102 valence electrons. The monoisotopic (exact) mass is 275 g/mol. The van der Waals surface area contributed by atoms with Gasteiger partial charge in [0.2, 0.25) is 0 Å². The molecule has 2 heterocycles. The molecule has 0 bridgehead atoms. The molecule has 0 saturated heterocycles. The molecular weight excluding hydrogens is 254 g/mol. The van der Waals surface area contributed by atoms with Gasteiger partial charge >= 0.3 is 0 Å². The first-order valence-electron chi connectivity index (χ1n) is 7.20. The normalized spacial score (nSPS) is 23.0. The first kappa shape index (κ1) is 12.9. The summed E-state index contributed by atoms with van der Waals surface area (Å²) in [5.74, 6) is 1.13. The Bertz CT molecular complexity index is 503. The van der Waals surface area contributed by atoms with E-state index in [0.717, 1.165) is 12.4 Å². The van der Waals surface area contributed by atoms with E-state index in [2.05, 4.69) is 45.5 Å². The van der Waals surface area contributed by atoms with Crippen molar-refractivity contribution in [3.8, 4) is 10.7 Å². The smallest absolute Gasteiger partial charge is 0.150 e. The highest BCUT2D eigenvalue weighted by Crippen LogP contribution is 2.34. The maximum absolute atomic E-state index is 4.56. The van der Waals surface area contributed by atoms with E-state index in [4.69, 9.17) is 0 Å². The van der Waals surface area contributed by atoms with Crippen LogP contribution in [-0.4, -0.2) is 22.1 Å². The van der Waals surface area contributed by atoms with Crippen molar-refractivity contribution in [2.75, 3.05) is 6.54 Å². The lowest BCUT2D eigenvalue weighted by Crippen LogP contribution is -2.34. The van der Waals surface area contributed by atoms with Crippen LogP contribution < -0.4 is 5.32 Å². The Kier molecular flexibility index (Phi) is 3.99. The molecule has 2 aromatic heterocycles. The molecule has 1 N–H and O–H groups in total. The van der Waals surface area contributed by atoms with Crippen LogP contribution in [-0.2, 0) is 0 Å². The standard InChI is InChI=1S/C15H21N3S/c1-2-8-16-12-5-3-6-13(12)18-10-9-17-15(18)14-7-4-11-19-14/h4,7,9-13,16H,2-3,5-6,8H2,1H3. The van der Waals surface area contributed by atoms with Crippen molar-refractivity contribution < 1.29 is 0 Å². The number of thiophene rings is 1. The molecule has 2 atom stereocenters. The van der Waals surface area contributed by atoms with Crippen molar-refractivity contribution in [3.05, 3.63) is 29.9 Å². The lowest BCUT2D eigenvalue weighted by atomic mass is 10.1. The molecule has 2 aromatic rings. The first-order chi connectivity index (χ1) is 9.40. The molecule has 1 fully saturated rings. The van der Waals surface area contributed by atoms with Gasteiger partial charge < -0.3 is 9.88 Å². The van der Waals surface area contributed by atoms with Gasteiger partial charge in [0, 0.05) is 18.4 Å². The van der Waals surface area contributed by atoms with Crippen molar-refractivity contribution >= 4 is 11.3 Å². The van der Waals surface area contributed by atoms with Crippen LogP contribution in [0.1, 0.15) is 38.6 Å². The molecule has 0 aromatic carbocycles. The third kappa shape index (κ3) is 2.60. The van der Waals surface area contributed by atoms with Crippen molar-refractivity contribution in [2.24, 2.45) is 0 Å². The second-order valence-corrected chi connectivity index (χ2v) is 6.14. The second kappa shape index (κ2) is 5.88. The summed E-state index contributed by atoms with van der Waals surface area (Å²) in [6, 6.07) is 5.42. The number of hydrogen-bond acceptors (Lipinski definition) is 3. The average molecular weight is 275 g/mol. The van der Waals surface area contributed by atoms with Gasteiger partial charge in [-0.15, -0.1) is 11.3 Å². The van der Waals surface area contributed by atoms with Gasteiger partial charge in [0.1, 0.15) is 5.82 Å². The molecule has 0 aliphatic heterocycles. The van der Waals surface area contributed by atoms with Crippen LogP contribution in [0.2, 0.25) is 0 Å². The van der Waals surface area contributed by atoms with Crippen molar-refractivity contribution in [3.63, 3.8) is 0 Å². The van der Waals surface area contributed by atoms with Gasteiger partial charge in [-0.2, -0.15) is 0 Å². The van der Waals surface area contributed by atoms with Gasteiger partial charge in [0.15, 0.2) is 0 Å². The van der Waals surface area contributed by atoms with Gasteiger partial charge in [-0.3, -0.25) is 0 Å². The van der Waals surface area contributed by atoms with E-state index >= 15 is 0 Å². The average Bonchev–Trinajstić information content (AvgIpc) is 3.14. The minimum absolute atomic E-state index is 0.561. The molecule has 0 spiro atoms. The SMILES string of the molecule is CCCNC1CCCC1n1ccnc1-c1cccs1. The number of nitrogens with zero attached hydrogens (tertiary/aromatic N) is 2. The summed E-state index contributed by atoms with van der Waals surface area (Å²) in [5, 5.41) is 5.82. The Hall–Kier alpha value is -1.13. The molecule has 0 radical (unpaired) electrons. The largest absolute Gasteiger partial charge is 0.326 e. The van der Waals surface area contributed by atoms with Gasteiger partial charge in [0.25, 0.3) is 0 Å². The summed E-state index contributed by atoms with van der Waals surface area (Å²) in [6.45, 7) is 3.34. The van der Waals surface area contributed by atoms with E-state index in [-0.39, 0.29) is 0 Å². The maximum Gasteiger partial charge on any atom is 0.150 e. The second-order valence-electron chi connectivity index (χ2n) is 5.19. The minimum atomic E-state index is 0.561. The number of hydrogen-bond donors (Lipinski definition) is 1. The van der Waals surface area contributed by atoms with E-state index in [1.54, 1.807) is 11.3 Å². The topological polar surface area (TPSA) is 29.9 Å². The molecule has 3 nitrogen and oxygen atoms in total. The number of rotatable bonds is 5. The Labute approximate surface area is 118 Å². The fourth-order valence-corrected chi connectivity index (χ4v) is 3.74. The van der Waals surface area contributed by atoms with E-state index in [9.17, 15) is 0 Å². The van der Waals surface area contributed by atoms with Crippen molar-refractivity contribution in [1.29, 1.82) is 0 Å². The van der Waals surface area contributed by atoms with Crippen LogP contribution in [0.4, 0.5) is 0 Å². The Balaban J connectivity index is 1.84. The molecule has 1 aliphatic carbocycles. The number of aromatic nitrogens is 2. The highest BCUT2D eigenvalue weighted by Gasteiger charge is 2.29. The predicted octanol–water partition coefficient (Wildman–Crippen LogP) is 3.70. The van der Waals surface area contributed by atoms with Gasteiger partial charge in [-0.05, 0) is 43.7 Å². The lowest BCUT2D eigenvalue weighted by molar-refractivity contribution is 0.395. The quantitative estimate of drug-likeness (QED) is 0.901. The summed E-state index contributed by atoms with van der Waals surface area (Å²) in [6.07, 6.45) is 9.14. The van der Waals surface area contributed by atoms with E-state index < -0.39 is 0 Å².